The fourth-order valence-electron chi connectivity index (χ4n) is 2.32. The van der Waals surface area contributed by atoms with Gasteiger partial charge in [0.25, 0.3) is 0 Å². The maximum atomic E-state index is 12.3. The molecule has 1 aromatic carbocycles. The number of amides is 1. The monoisotopic (exact) mass is 230 g/mol. The van der Waals surface area contributed by atoms with E-state index in [1.165, 1.54) is 0 Å². The van der Waals surface area contributed by atoms with Crippen LogP contribution in [0.5, 0.6) is 0 Å². The van der Waals surface area contributed by atoms with E-state index in [-0.39, 0.29) is 17.6 Å². The van der Waals surface area contributed by atoms with E-state index in [0.717, 1.165) is 0 Å². The highest BCUT2D eigenvalue weighted by Gasteiger charge is 2.42. The van der Waals surface area contributed by atoms with Gasteiger partial charge in [-0.15, -0.1) is 0 Å². The van der Waals surface area contributed by atoms with Crippen LogP contribution in [-0.4, -0.2) is 30.2 Å². The number of carbonyl (C=O) groups is 2. The molecule has 1 radical (unpaired) electrons. The van der Waals surface area contributed by atoms with Gasteiger partial charge in [-0.05, 0) is 12.3 Å². The van der Waals surface area contributed by atoms with Crippen LogP contribution in [0.1, 0.15) is 17.3 Å². The van der Waals surface area contributed by atoms with Crippen LogP contribution in [0.2, 0.25) is 0 Å². The van der Waals surface area contributed by atoms with E-state index in [0.29, 0.717) is 12.1 Å². The fraction of sp³-hybridized carbons (Fsp3) is 0.357. The van der Waals surface area contributed by atoms with E-state index in [1.54, 1.807) is 24.1 Å². The van der Waals surface area contributed by atoms with Crippen molar-refractivity contribution in [1.29, 1.82) is 0 Å². The molecule has 17 heavy (non-hydrogen) atoms. The zero-order valence-electron chi connectivity index (χ0n) is 10.1. The molecule has 3 nitrogen and oxygen atoms in total. The minimum absolute atomic E-state index is 0.0280. The van der Waals surface area contributed by atoms with Crippen molar-refractivity contribution in [3.8, 4) is 0 Å². The third kappa shape index (κ3) is 2.09. The molecule has 2 atom stereocenters. The molecule has 2 rings (SSSR count). The largest absolute Gasteiger partial charge is 0.345 e. The molecular formula is C14H16NO2. The average Bonchev–Trinajstić information content (AvgIpc) is 2.65. The number of rotatable bonds is 3. The molecule has 0 aliphatic carbocycles. The number of hydrogen-bond donors (Lipinski definition) is 0. The summed E-state index contributed by atoms with van der Waals surface area (Å²) in [4.78, 5) is 25.9. The van der Waals surface area contributed by atoms with E-state index in [9.17, 15) is 9.59 Å². The molecule has 1 amide bonds. The highest BCUT2D eigenvalue weighted by Crippen LogP contribution is 2.28. The predicted octanol–water partition coefficient (Wildman–Crippen LogP) is 1.80. The van der Waals surface area contributed by atoms with Gasteiger partial charge in [0.15, 0.2) is 5.78 Å². The molecule has 1 aliphatic heterocycles. The van der Waals surface area contributed by atoms with Gasteiger partial charge in [-0.2, -0.15) is 0 Å². The molecule has 0 saturated carbocycles. The molecule has 1 aliphatic rings. The maximum Gasteiger partial charge on any atom is 0.233 e. The highest BCUT2D eigenvalue weighted by molar-refractivity contribution is 6.11. The first-order chi connectivity index (χ1) is 8.15. The summed E-state index contributed by atoms with van der Waals surface area (Å²) in [6, 6.07) is 9.03. The topological polar surface area (TPSA) is 37.4 Å². The Kier molecular flexibility index (Phi) is 3.27. The lowest BCUT2D eigenvalue weighted by atomic mass is 9.86. The molecule has 1 saturated heterocycles. The molecule has 0 N–H and O–H groups in total. The predicted molar refractivity (Wildman–Crippen MR) is 65.4 cm³/mol. The Hall–Kier alpha value is -1.64. The molecule has 3 heteroatoms. The summed E-state index contributed by atoms with van der Waals surface area (Å²) in [6.07, 6.45) is 1.95. The second kappa shape index (κ2) is 4.70. The van der Waals surface area contributed by atoms with Crippen LogP contribution in [0.4, 0.5) is 0 Å². The van der Waals surface area contributed by atoms with Gasteiger partial charge < -0.3 is 4.90 Å². The zero-order valence-corrected chi connectivity index (χ0v) is 10.1. The number of likely N-dealkylation sites (tertiary alicyclic amines) is 1. The molecule has 0 aromatic heterocycles. The Morgan fingerprint density at radius 2 is 2.00 bits per heavy atom. The number of carbonyl (C=O) groups excluding carboxylic acids is 2. The van der Waals surface area contributed by atoms with Crippen molar-refractivity contribution in [2.45, 2.75) is 6.92 Å². The number of Topliss-reactive ketones (excluding diaryl/α,β-unsaturated/α-hetero) is 1. The third-order valence-corrected chi connectivity index (χ3v) is 3.32. The van der Waals surface area contributed by atoms with Crippen molar-refractivity contribution in [2.24, 2.45) is 11.8 Å². The van der Waals surface area contributed by atoms with E-state index < -0.39 is 5.92 Å². The molecule has 89 valence electrons. The first-order valence-corrected chi connectivity index (χ1v) is 5.79. The standard InChI is InChI=1S/C14H16NO2/c1-3-10-9-15(2)14(17)12(10)13(16)11-7-5-4-6-8-11/h3-8,10,12H,9H2,1-2H3/t10-,12-/m0/s1. The van der Waals surface area contributed by atoms with E-state index in [1.807, 2.05) is 31.5 Å². The van der Waals surface area contributed by atoms with Crippen molar-refractivity contribution >= 4 is 11.7 Å². The molecule has 0 spiro atoms. The highest BCUT2D eigenvalue weighted by atomic mass is 16.2. The molecule has 1 heterocycles. The first-order valence-electron chi connectivity index (χ1n) is 5.79. The normalized spacial score (nSPS) is 24.1. The quantitative estimate of drug-likeness (QED) is 0.586. The Morgan fingerprint density at radius 3 is 2.59 bits per heavy atom. The Bertz CT molecular complexity index is 427. The Balaban J connectivity index is 2.27. The maximum absolute atomic E-state index is 12.3. The smallest absolute Gasteiger partial charge is 0.233 e. The summed E-state index contributed by atoms with van der Waals surface area (Å²) in [5, 5.41) is 0. The van der Waals surface area contributed by atoms with Gasteiger partial charge in [0.05, 0.1) is 0 Å². The van der Waals surface area contributed by atoms with Crippen LogP contribution in [-0.2, 0) is 4.79 Å². The third-order valence-electron chi connectivity index (χ3n) is 3.32. The van der Waals surface area contributed by atoms with Gasteiger partial charge in [0.2, 0.25) is 5.91 Å². The van der Waals surface area contributed by atoms with Crippen LogP contribution in [0, 0.1) is 18.3 Å². The van der Waals surface area contributed by atoms with Crippen LogP contribution >= 0.6 is 0 Å². The van der Waals surface area contributed by atoms with Crippen molar-refractivity contribution in [1.82, 2.24) is 4.90 Å². The summed E-state index contributed by atoms with van der Waals surface area (Å²) >= 11 is 0. The van der Waals surface area contributed by atoms with E-state index in [4.69, 9.17) is 0 Å². The summed E-state index contributed by atoms with van der Waals surface area (Å²) in [7, 11) is 1.75. The van der Waals surface area contributed by atoms with Crippen LogP contribution in [0.25, 0.3) is 0 Å². The Labute approximate surface area is 101 Å². The van der Waals surface area contributed by atoms with Crippen molar-refractivity contribution in [2.75, 3.05) is 13.6 Å². The lowest BCUT2D eigenvalue weighted by molar-refractivity contribution is -0.128. The zero-order chi connectivity index (χ0) is 12.4. The minimum Gasteiger partial charge on any atom is -0.345 e. The van der Waals surface area contributed by atoms with Gasteiger partial charge in [-0.1, -0.05) is 37.3 Å². The second-order valence-corrected chi connectivity index (χ2v) is 4.42. The average molecular weight is 230 g/mol. The summed E-state index contributed by atoms with van der Waals surface area (Å²) < 4.78 is 0. The van der Waals surface area contributed by atoms with E-state index in [2.05, 4.69) is 0 Å². The first kappa shape index (κ1) is 11.8. The molecule has 0 bridgehead atoms. The summed E-state index contributed by atoms with van der Waals surface area (Å²) in [6.45, 7) is 2.54. The van der Waals surface area contributed by atoms with Crippen molar-refractivity contribution in [3.63, 3.8) is 0 Å². The lowest BCUT2D eigenvalue weighted by Crippen LogP contribution is -2.28. The fourth-order valence-corrected chi connectivity index (χ4v) is 2.32. The summed E-state index contributed by atoms with van der Waals surface area (Å²) in [5.74, 6) is -0.641. The van der Waals surface area contributed by atoms with Crippen LogP contribution < -0.4 is 0 Å². The van der Waals surface area contributed by atoms with Crippen molar-refractivity contribution < 1.29 is 9.59 Å². The Morgan fingerprint density at radius 1 is 1.35 bits per heavy atom. The SMILES string of the molecule is C[CH][C@H]1CN(C)C(=O)[C@@H]1C(=O)c1ccccc1. The van der Waals surface area contributed by atoms with Crippen molar-refractivity contribution in [3.05, 3.63) is 42.3 Å². The second-order valence-electron chi connectivity index (χ2n) is 4.42. The van der Waals surface area contributed by atoms with Crippen LogP contribution in [0.15, 0.2) is 30.3 Å². The molecular weight excluding hydrogens is 214 g/mol. The van der Waals surface area contributed by atoms with E-state index >= 15 is 0 Å². The lowest BCUT2D eigenvalue weighted by Gasteiger charge is -2.13. The molecule has 1 aromatic rings. The van der Waals surface area contributed by atoms with Gasteiger partial charge >= 0.3 is 0 Å². The van der Waals surface area contributed by atoms with Gasteiger partial charge in [0.1, 0.15) is 5.92 Å². The molecule has 0 unspecified atom stereocenters. The molecule has 1 fully saturated rings. The van der Waals surface area contributed by atoms with Gasteiger partial charge in [-0.25, -0.2) is 0 Å². The number of hydrogen-bond acceptors (Lipinski definition) is 2. The van der Waals surface area contributed by atoms with Gasteiger partial charge in [-0.3, -0.25) is 9.59 Å². The number of nitrogens with zero attached hydrogens (tertiary/aromatic N) is 1. The number of benzene rings is 1. The van der Waals surface area contributed by atoms with Gasteiger partial charge in [0, 0.05) is 19.2 Å². The summed E-state index contributed by atoms with van der Waals surface area (Å²) in [5.41, 5.74) is 0.619. The van der Waals surface area contributed by atoms with Crippen LogP contribution in [0.3, 0.4) is 0 Å². The number of ketones is 1. The minimum atomic E-state index is -0.535.